The second kappa shape index (κ2) is 11.2. The van der Waals surface area contributed by atoms with Crippen LogP contribution in [0.2, 0.25) is 0 Å². The van der Waals surface area contributed by atoms with Crippen LogP contribution in [0, 0.1) is 0 Å². The molecule has 0 aliphatic carbocycles. The van der Waals surface area contributed by atoms with Crippen molar-refractivity contribution < 1.29 is 0 Å². The first-order valence-corrected chi connectivity index (χ1v) is 17.5. The number of aromatic nitrogens is 1. The zero-order valence-corrected chi connectivity index (χ0v) is 27.4. The molecule has 10 aromatic rings. The minimum absolute atomic E-state index is 1.12. The van der Waals surface area contributed by atoms with Crippen molar-refractivity contribution in [2.75, 3.05) is 4.90 Å². The van der Waals surface area contributed by atoms with E-state index in [4.69, 9.17) is 0 Å². The molecule has 0 amide bonds. The summed E-state index contributed by atoms with van der Waals surface area (Å²) in [6.45, 7) is 0. The highest BCUT2D eigenvalue weighted by Crippen LogP contribution is 2.45. The topological polar surface area (TPSA) is 8.17 Å². The van der Waals surface area contributed by atoms with Crippen molar-refractivity contribution in [2.24, 2.45) is 0 Å². The number of thiophene rings is 1. The molecule has 0 spiro atoms. The Balaban J connectivity index is 1.24. The number of hydrogen-bond donors (Lipinski definition) is 0. The van der Waals surface area contributed by atoms with Gasteiger partial charge in [-0.25, -0.2) is 0 Å². The summed E-state index contributed by atoms with van der Waals surface area (Å²) in [5.74, 6) is 0. The molecule has 0 radical (unpaired) electrons. The number of anilines is 3. The van der Waals surface area contributed by atoms with Crippen LogP contribution >= 0.6 is 11.3 Å². The van der Waals surface area contributed by atoms with Crippen LogP contribution in [0.4, 0.5) is 17.1 Å². The highest BCUT2D eigenvalue weighted by atomic mass is 32.1. The Kier molecular flexibility index (Phi) is 6.39. The molecule has 3 heteroatoms. The fraction of sp³-hybridized carbons (Fsp3) is 0. The molecule has 2 nitrogen and oxygen atoms in total. The van der Waals surface area contributed by atoms with Crippen LogP contribution in [0.3, 0.4) is 0 Å². The molecule has 2 aromatic heterocycles. The van der Waals surface area contributed by atoms with Crippen LogP contribution in [-0.2, 0) is 0 Å². The van der Waals surface area contributed by atoms with Crippen molar-refractivity contribution in [3.63, 3.8) is 0 Å². The molecular formula is C46H30N2S. The minimum atomic E-state index is 1.12. The zero-order valence-electron chi connectivity index (χ0n) is 26.6. The van der Waals surface area contributed by atoms with E-state index < -0.39 is 0 Å². The summed E-state index contributed by atoms with van der Waals surface area (Å²) in [6.07, 6.45) is 0. The molecule has 0 bridgehead atoms. The first kappa shape index (κ1) is 27.9. The highest BCUT2D eigenvalue weighted by Gasteiger charge is 2.21. The molecule has 0 aliphatic rings. The number of para-hydroxylation sites is 3. The van der Waals surface area contributed by atoms with Crippen molar-refractivity contribution in [3.05, 3.63) is 182 Å². The smallest absolute Gasteiger partial charge is 0.0542 e. The van der Waals surface area contributed by atoms with E-state index in [1.54, 1.807) is 0 Å². The summed E-state index contributed by atoms with van der Waals surface area (Å²) >= 11 is 1.86. The first-order valence-electron chi connectivity index (χ1n) is 16.7. The largest absolute Gasteiger partial charge is 0.310 e. The van der Waals surface area contributed by atoms with E-state index >= 15 is 0 Å². The van der Waals surface area contributed by atoms with Crippen molar-refractivity contribution >= 4 is 81.1 Å². The summed E-state index contributed by atoms with van der Waals surface area (Å²) < 4.78 is 4.99. The van der Waals surface area contributed by atoms with Crippen LogP contribution in [0.15, 0.2) is 182 Å². The monoisotopic (exact) mass is 642 g/mol. The Labute approximate surface area is 288 Å². The maximum Gasteiger partial charge on any atom is 0.0542 e. The van der Waals surface area contributed by atoms with Crippen LogP contribution < -0.4 is 4.90 Å². The predicted octanol–water partition coefficient (Wildman–Crippen LogP) is 13.4. The van der Waals surface area contributed by atoms with Gasteiger partial charge in [-0.2, -0.15) is 0 Å². The Morgan fingerprint density at radius 1 is 0.408 bits per heavy atom. The number of rotatable bonds is 5. The predicted molar refractivity (Wildman–Crippen MR) is 211 cm³/mol. The van der Waals surface area contributed by atoms with Gasteiger partial charge in [0, 0.05) is 53.6 Å². The van der Waals surface area contributed by atoms with Crippen molar-refractivity contribution in [1.82, 2.24) is 4.57 Å². The van der Waals surface area contributed by atoms with Crippen molar-refractivity contribution in [1.29, 1.82) is 0 Å². The molecule has 2 heterocycles. The van der Waals surface area contributed by atoms with Crippen LogP contribution in [-0.4, -0.2) is 4.57 Å². The van der Waals surface area contributed by atoms with Crippen LogP contribution in [0.25, 0.3) is 69.6 Å². The molecule has 0 fully saturated rings. The van der Waals surface area contributed by atoms with E-state index in [-0.39, 0.29) is 0 Å². The van der Waals surface area contributed by atoms with Crippen LogP contribution in [0.1, 0.15) is 0 Å². The van der Waals surface area contributed by atoms with Gasteiger partial charge in [0.2, 0.25) is 0 Å². The molecule has 230 valence electrons. The molecule has 8 aromatic carbocycles. The standard InChI is InChI=1S/C46H30N2S/c1-2-14-34(15-3-1)48-43-20-10-7-17-38(43)40-29-35(24-26-44(40)48)47(36-25-27-46-41(30-36)39-18-8-11-21-45(39)49-46)42-19-9-6-16-37(42)33-23-22-31-12-4-5-13-32(31)28-33/h1-30H. The molecule has 0 N–H and O–H groups in total. The third-order valence-corrected chi connectivity index (χ3v) is 10.9. The molecule has 0 aliphatic heterocycles. The summed E-state index contributed by atoms with van der Waals surface area (Å²) in [6, 6.07) is 66.3. The molecule has 10 rings (SSSR count). The van der Waals surface area contributed by atoms with Gasteiger partial charge >= 0.3 is 0 Å². The third kappa shape index (κ3) is 4.55. The average Bonchev–Trinajstić information content (AvgIpc) is 3.71. The Morgan fingerprint density at radius 3 is 1.96 bits per heavy atom. The average molecular weight is 643 g/mol. The molecule has 0 saturated heterocycles. The van der Waals surface area contributed by atoms with E-state index in [1.165, 1.54) is 63.9 Å². The number of nitrogens with zero attached hydrogens (tertiary/aromatic N) is 2. The fourth-order valence-electron chi connectivity index (χ4n) is 7.51. The lowest BCUT2D eigenvalue weighted by Crippen LogP contribution is -2.11. The van der Waals surface area contributed by atoms with Gasteiger partial charge in [0.15, 0.2) is 0 Å². The maximum atomic E-state index is 2.45. The molecule has 0 saturated carbocycles. The second-order valence-corrected chi connectivity index (χ2v) is 13.7. The van der Waals surface area contributed by atoms with Gasteiger partial charge in [-0.05, 0) is 89.1 Å². The summed E-state index contributed by atoms with van der Waals surface area (Å²) in [4.78, 5) is 2.45. The van der Waals surface area contributed by atoms with Gasteiger partial charge in [0.05, 0.1) is 16.7 Å². The summed E-state index contributed by atoms with van der Waals surface area (Å²) in [5, 5.41) is 7.54. The van der Waals surface area contributed by atoms with Gasteiger partial charge < -0.3 is 9.47 Å². The molecule has 0 unspecified atom stereocenters. The summed E-state index contributed by atoms with van der Waals surface area (Å²) in [5.41, 5.74) is 9.34. The maximum absolute atomic E-state index is 2.45. The first-order chi connectivity index (χ1) is 24.3. The minimum Gasteiger partial charge on any atom is -0.310 e. The fourth-order valence-corrected chi connectivity index (χ4v) is 8.59. The number of benzene rings is 8. The Morgan fingerprint density at radius 2 is 1.06 bits per heavy atom. The molecular weight excluding hydrogens is 613 g/mol. The molecule has 0 atom stereocenters. The Hall–Kier alpha value is -6.16. The van der Waals surface area contributed by atoms with E-state index in [0.29, 0.717) is 0 Å². The van der Waals surface area contributed by atoms with Gasteiger partial charge in [0.25, 0.3) is 0 Å². The van der Waals surface area contributed by atoms with E-state index in [2.05, 4.69) is 191 Å². The SMILES string of the molecule is c1ccc(-n2c3ccccc3c3cc(N(c4ccc5sc6ccccc6c5c4)c4ccccc4-c4ccc5ccccc5c4)ccc32)cc1. The quantitative estimate of drug-likeness (QED) is 0.181. The Bertz CT molecular complexity index is 2840. The molecule has 49 heavy (non-hydrogen) atoms. The summed E-state index contributed by atoms with van der Waals surface area (Å²) in [7, 11) is 0. The van der Waals surface area contributed by atoms with E-state index in [0.717, 1.165) is 22.7 Å². The lowest BCUT2D eigenvalue weighted by Gasteiger charge is -2.28. The number of fused-ring (bicyclic) bond motifs is 7. The van der Waals surface area contributed by atoms with Crippen LogP contribution in [0.5, 0.6) is 0 Å². The van der Waals surface area contributed by atoms with E-state index in [9.17, 15) is 0 Å². The van der Waals surface area contributed by atoms with Crippen molar-refractivity contribution in [2.45, 2.75) is 0 Å². The number of hydrogen-bond acceptors (Lipinski definition) is 2. The highest BCUT2D eigenvalue weighted by molar-refractivity contribution is 7.25. The third-order valence-electron chi connectivity index (χ3n) is 9.75. The zero-order chi connectivity index (χ0) is 32.3. The van der Waals surface area contributed by atoms with Gasteiger partial charge in [-0.3, -0.25) is 0 Å². The normalized spacial score (nSPS) is 11.7. The van der Waals surface area contributed by atoms with Gasteiger partial charge in [-0.1, -0.05) is 109 Å². The van der Waals surface area contributed by atoms with Crippen molar-refractivity contribution in [3.8, 4) is 16.8 Å². The lowest BCUT2D eigenvalue weighted by atomic mass is 9.98. The lowest BCUT2D eigenvalue weighted by molar-refractivity contribution is 1.18. The van der Waals surface area contributed by atoms with Gasteiger partial charge in [0.1, 0.15) is 0 Å². The second-order valence-electron chi connectivity index (χ2n) is 12.6. The van der Waals surface area contributed by atoms with E-state index in [1.807, 2.05) is 11.3 Å². The van der Waals surface area contributed by atoms with Gasteiger partial charge in [-0.15, -0.1) is 11.3 Å².